The summed E-state index contributed by atoms with van der Waals surface area (Å²) in [5, 5.41) is 20.9. The zero-order valence-corrected chi connectivity index (χ0v) is 17.2. The SMILES string of the molecule is Cc1cc(CNC(=O)N(C)[C@@H]2CCCN(c3nnccc3C(=O)O)C2)ccc1Cl. The molecule has 0 bridgehead atoms. The van der Waals surface area contributed by atoms with Crippen LogP contribution in [0.1, 0.15) is 34.3 Å². The lowest BCUT2D eigenvalue weighted by Gasteiger charge is -2.38. The van der Waals surface area contributed by atoms with E-state index in [1.165, 1.54) is 12.3 Å². The third-order valence-corrected chi connectivity index (χ3v) is 5.59. The first-order valence-electron chi connectivity index (χ1n) is 9.42. The lowest BCUT2D eigenvalue weighted by atomic mass is 10.0. The molecular weight excluding hydrogens is 394 g/mol. The van der Waals surface area contributed by atoms with Gasteiger partial charge in [0.05, 0.1) is 12.2 Å². The van der Waals surface area contributed by atoms with Crippen molar-refractivity contribution in [2.75, 3.05) is 25.0 Å². The van der Waals surface area contributed by atoms with Gasteiger partial charge in [0.1, 0.15) is 5.56 Å². The van der Waals surface area contributed by atoms with E-state index in [9.17, 15) is 14.7 Å². The molecule has 2 amide bonds. The van der Waals surface area contributed by atoms with Crippen LogP contribution >= 0.6 is 11.6 Å². The Bertz CT molecular complexity index is 907. The largest absolute Gasteiger partial charge is 0.478 e. The van der Waals surface area contributed by atoms with Gasteiger partial charge >= 0.3 is 12.0 Å². The van der Waals surface area contributed by atoms with E-state index in [-0.39, 0.29) is 17.6 Å². The Hall–Kier alpha value is -2.87. The number of carboxylic acids is 1. The molecule has 29 heavy (non-hydrogen) atoms. The zero-order chi connectivity index (χ0) is 21.0. The van der Waals surface area contributed by atoms with Crippen LogP contribution in [0.5, 0.6) is 0 Å². The molecule has 0 saturated carbocycles. The number of carbonyl (C=O) groups excluding carboxylic acids is 1. The van der Waals surface area contributed by atoms with Crippen LogP contribution in [0.25, 0.3) is 0 Å². The van der Waals surface area contributed by atoms with Crippen LogP contribution in [0.2, 0.25) is 5.02 Å². The fourth-order valence-corrected chi connectivity index (χ4v) is 3.59. The number of hydrogen-bond donors (Lipinski definition) is 2. The van der Waals surface area contributed by atoms with Crippen molar-refractivity contribution in [3.8, 4) is 0 Å². The van der Waals surface area contributed by atoms with E-state index in [1.807, 2.05) is 30.0 Å². The standard InChI is InChI=1S/C20H24ClN5O3/c1-13-10-14(5-6-17(13)21)11-22-20(29)25(2)15-4-3-9-26(12-15)18-16(19(27)28)7-8-23-24-18/h5-8,10,15H,3-4,9,11-12H2,1-2H3,(H,22,29)(H,27,28)/t15-/m1/s1. The second kappa shape index (κ2) is 9.09. The highest BCUT2D eigenvalue weighted by molar-refractivity contribution is 6.31. The summed E-state index contributed by atoms with van der Waals surface area (Å²) >= 11 is 6.04. The van der Waals surface area contributed by atoms with Crippen LogP contribution in [0, 0.1) is 6.92 Å². The molecule has 0 unspecified atom stereocenters. The second-order valence-electron chi connectivity index (χ2n) is 7.17. The van der Waals surface area contributed by atoms with Gasteiger partial charge in [0, 0.05) is 31.7 Å². The Morgan fingerprint density at radius 3 is 2.90 bits per heavy atom. The highest BCUT2D eigenvalue weighted by Gasteiger charge is 2.29. The number of piperidine rings is 1. The summed E-state index contributed by atoms with van der Waals surface area (Å²) in [6.45, 7) is 3.51. The van der Waals surface area contributed by atoms with Crippen molar-refractivity contribution < 1.29 is 14.7 Å². The molecule has 1 saturated heterocycles. The lowest BCUT2D eigenvalue weighted by Crippen LogP contribution is -2.51. The smallest absolute Gasteiger partial charge is 0.339 e. The molecule has 9 heteroatoms. The summed E-state index contributed by atoms with van der Waals surface area (Å²) in [6.07, 6.45) is 3.03. The molecule has 1 aliphatic heterocycles. The molecule has 1 aromatic carbocycles. The molecule has 154 valence electrons. The van der Waals surface area contributed by atoms with Crippen LogP contribution in [0.15, 0.2) is 30.5 Å². The normalized spacial score (nSPS) is 16.4. The van der Waals surface area contributed by atoms with Crippen molar-refractivity contribution in [2.24, 2.45) is 0 Å². The van der Waals surface area contributed by atoms with E-state index in [2.05, 4.69) is 15.5 Å². The van der Waals surface area contributed by atoms with Gasteiger partial charge in [-0.2, -0.15) is 5.10 Å². The number of aromatic nitrogens is 2. The molecule has 1 atom stereocenters. The number of likely N-dealkylation sites (N-methyl/N-ethyl adjacent to an activating group) is 1. The van der Waals surface area contributed by atoms with Gasteiger partial charge in [-0.05, 0) is 43.0 Å². The summed E-state index contributed by atoms with van der Waals surface area (Å²) < 4.78 is 0. The maximum absolute atomic E-state index is 12.6. The Morgan fingerprint density at radius 1 is 1.38 bits per heavy atom. The van der Waals surface area contributed by atoms with Crippen molar-refractivity contribution >= 4 is 29.4 Å². The molecule has 2 N–H and O–H groups in total. The monoisotopic (exact) mass is 417 g/mol. The zero-order valence-electron chi connectivity index (χ0n) is 16.4. The van der Waals surface area contributed by atoms with Gasteiger partial charge < -0.3 is 20.2 Å². The summed E-state index contributed by atoms with van der Waals surface area (Å²) in [7, 11) is 1.76. The Labute approximate surface area is 174 Å². The van der Waals surface area contributed by atoms with Crippen LogP contribution in [-0.4, -0.2) is 58.4 Å². The molecule has 2 heterocycles. The van der Waals surface area contributed by atoms with Gasteiger partial charge in [0.2, 0.25) is 0 Å². The fourth-order valence-electron chi connectivity index (χ4n) is 3.47. The lowest BCUT2D eigenvalue weighted by molar-refractivity contribution is 0.0696. The average Bonchev–Trinajstić information content (AvgIpc) is 2.73. The number of hydrogen-bond acceptors (Lipinski definition) is 5. The van der Waals surface area contributed by atoms with E-state index >= 15 is 0 Å². The second-order valence-corrected chi connectivity index (χ2v) is 7.58. The van der Waals surface area contributed by atoms with Crippen LogP contribution in [0.4, 0.5) is 10.6 Å². The number of urea groups is 1. The van der Waals surface area contributed by atoms with Gasteiger partial charge in [-0.25, -0.2) is 9.59 Å². The number of aromatic carboxylic acids is 1. The molecular formula is C20H24ClN5O3. The first-order valence-corrected chi connectivity index (χ1v) is 9.80. The first-order chi connectivity index (χ1) is 13.9. The molecule has 1 aliphatic rings. The molecule has 3 rings (SSSR count). The van der Waals surface area contributed by atoms with Gasteiger partial charge in [0.15, 0.2) is 5.82 Å². The number of nitrogens with zero attached hydrogens (tertiary/aromatic N) is 4. The predicted octanol–water partition coefficient (Wildman–Crippen LogP) is 2.95. The molecule has 2 aromatic rings. The number of amides is 2. The van der Waals surface area contributed by atoms with Crippen LogP contribution < -0.4 is 10.2 Å². The Morgan fingerprint density at radius 2 is 2.17 bits per heavy atom. The molecule has 8 nitrogen and oxygen atoms in total. The maximum Gasteiger partial charge on any atom is 0.339 e. The molecule has 0 spiro atoms. The third kappa shape index (κ3) is 4.95. The van der Waals surface area contributed by atoms with Crippen molar-refractivity contribution in [1.82, 2.24) is 20.4 Å². The molecule has 0 aliphatic carbocycles. The highest BCUT2D eigenvalue weighted by Crippen LogP contribution is 2.23. The van der Waals surface area contributed by atoms with Crippen molar-refractivity contribution in [1.29, 1.82) is 0 Å². The van der Waals surface area contributed by atoms with Crippen molar-refractivity contribution in [3.63, 3.8) is 0 Å². The summed E-state index contributed by atoms with van der Waals surface area (Å²) in [6, 6.07) is 6.87. The van der Waals surface area contributed by atoms with Crippen molar-refractivity contribution in [3.05, 3.63) is 52.2 Å². The summed E-state index contributed by atoms with van der Waals surface area (Å²) in [4.78, 5) is 27.7. The average molecular weight is 418 g/mol. The number of rotatable bonds is 5. The van der Waals surface area contributed by atoms with E-state index in [1.54, 1.807) is 11.9 Å². The summed E-state index contributed by atoms with van der Waals surface area (Å²) in [5.74, 6) is -0.698. The topological polar surface area (TPSA) is 98.7 Å². The molecule has 0 radical (unpaired) electrons. The van der Waals surface area contributed by atoms with Crippen molar-refractivity contribution in [2.45, 2.75) is 32.4 Å². The number of anilines is 1. The highest BCUT2D eigenvalue weighted by atomic mass is 35.5. The maximum atomic E-state index is 12.6. The van der Waals surface area contributed by atoms with Gasteiger partial charge in [-0.3, -0.25) is 0 Å². The van der Waals surface area contributed by atoms with Gasteiger partial charge in [-0.1, -0.05) is 23.7 Å². The van der Waals surface area contributed by atoms with E-state index < -0.39 is 5.97 Å². The number of carbonyl (C=O) groups is 2. The Kier molecular flexibility index (Phi) is 6.53. The van der Waals surface area contributed by atoms with Gasteiger partial charge in [-0.15, -0.1) is 5.10 Å². The number of nitrogens with one attached hydrogen (secondary N) is 1. The number of benzene rings is 1. The van der Waals surface area contributed by atoms with Gasteiger partial charge in [0.25, 0.3) is 0 Å². The Balaban J connectivity index is 1.63. The molecule has 1 aromatic heterocycles. The van der Waals surface area contributed by atoms with E-state index in [0.29, 0.717) is 30.5 Å². The van der Waals surface area contributed by atoms with Crippen LogP contribution in [0.3, 0.4) is 0 Å². The number of carboxylic acid groups (broad SMARTS) is 1. The minimum atomic E-state index is -1.04. The minimum absolute atomic E-state index is 0.0562. The minimum Gasteiger partial charge on any atom is -0.478 e. The summed E-state index contributed by atoms with van der Waals surface area (Å²) in [5.41, 5.74) is 2.06. The predicted molar refractivity (Wildman–Crippen MR) is 110 cm³/mol. The third-order valence-electron chi connectivity index (χ3n) is 5.16. The fraction of sp³-hybridized carbons (Fsp3) is 0.400. The number of aryl methyl sites for hydroxylation is 1. The first kappa shape index (κ1) is 20.9. The van der Waals surface area contributed by atoms with Crippen LogP contribution in [-0.2, 0) is 6.54 Å². The van der Waals surface area contributed by atoms with E-state index in [4.69, 9.17) is 11.6 Å². The van der Waals surface area contributed by atoms with E-state index in [0.717, 1.165) is 24.0 Å². The molecule has 1 fully saturated rings. The number of halogens is 1. The quantitative estimate of drug-likeness (QED) is 0.776.